The normalized spacial score (nSPS) is 18.2. The lowest BCUT2D eigenvalue weighted by Crippen LogP contribution is -2.47. The molecule has 1 aromatic heterocycles. The summed E-state index contributed by atoms with van der Waals surface area (Å²) in [6, 6.07) is 12.9. The van der Waals surface area contributed by atoms with Crippen LogP contribution in [0.1, 0.15) is 35.2 Å². The highest BCUT2D eigenvalue weighted by Crippen LogP contribution is 2.34. The van der Waals surface area contributed by atoms with Crippen LogP contribution in [0.4, 0.5) is 14.5 Å². The fraction of sp³-hybridized carbons (Fsp3) is 0.207. The standard InChI is InChI=1S/C29H26F2N4O3/c30-24-10-8-19(14-25(24)31)17-35-13-3-6-22(29(35)38)27(36)33-12-1-4-18-7-9-21-23(16-20-5-2-11-32-20)28(37)34-26(21)15-18/h1-2,4-5,7-11,14-16,22,32H,3,6,12-13,17H2,(H,33,36)(H,34,37)/b4-1+,23-16-. The number of aromatic amines is 1. The minimum Gasteiger partial charge on any atom is -0.362 e. The SMILES string of the molecule is O=C1Nc2cc(/C=C/CNC(=O)C3CCCN(Cc4ccc(F)c(F)c4)C3=O)ccc2/C1=C/c1ccc[nH]1. The van der Waals surface area contributed by atoms with Gasteiger partial charge in [-0.1, -0.05) is 30.4 Å². The van der Waals surface area contributed by atoms with Gasteiger partial charge in [0.05, 0.1) is 5.57 Å². The Morgan fingerprint density at radius 1 is 1.11 bits per heavy atom. The van der Waals surface area contributed by atoms with Gasteiger partial charge in [-0.2, -0.15) is 0 Å². The Morgan fingerprint density at radius 3 is 2.76 bits per heavy atom. The summed E-state index contributed by atoms with van der Waals surface area (Å²) >= 11 is 0. The quantitative estimate of drug-likeness (QED) is 0.322. The molecule has 3 heterocycles. The molecule has 5 rings (SSSR count). The molecule has 2 aromatic carbocycles. The number of carbonyl (C=O) groups is 3. The minimum absolute atomic E-state index is 0.122. The van der Waals surface area contributed by atoms with Crippen LogP contribution in [0.15, 0.2) is 60.8 Å². The molecule has 194 valence electrons. The van der Waals surface area contributed by atoms with E-state index in [1.54, 1.807) is 18.3 Å². The Balaban J connectivity index is 1.16. The van der Waals surface area contributed by atoms with Gasteiger partial charge in [0.25, 0.3) is 5.91 Å². The first kappa shape index (κ1) is 25.1. The van der Waals surface area contributed by atoms with Gasteiger partial charge in [-0.05, 0) is 60.4 Å². The van der Waals surface area contributed by atoms with Gasteiger partial charge < -0.3 is 20.5 Å². The zero-order chi connectivity index (χ0) is 26.6. The molecule has 2 aliphatic rings. The Kier molecular flexibility index (Phi) is 7.17. The lowest BCUT2D eigenvalue weighted by Gasteiger charge is -2.31. The van der Waals surface area contributed by atoms with Crippen molar-refractivity contribution in [3.05, 3.63) is 94.8 Å². The van der Waals surface area contributed by atoms with Crippen molar-refractivity contribution in [1.29, 1.82) is 0 Å². The summed E-state index contributed by atoms with van der Waals surface area (Å²) in [5.41, 5.74) is 4.28. The Labute approximate surface area is 218 Å². The second kappa shape index (κ2) is 10.8. The van der Waals surface area contributed by atoms with Gasteiger partial charge in [0, 0.05) is 42.8 Å². The maximum Gasteiger partial charge on any atom is 0.256 e. The monoisotopic (exact) mass is 516 g/mol. The summed E-state index contributed by atoms with van der Waals surface area (Å²) in [5, 5.41) is 5.66. The number of carbonyl (C=O) groups excluding carboxylic acids is 3. The van der Waals surface area contributed by atoms with E-state index in [0.717, 1.165) is 29.0 Å². The van der Waals surface area contributed by atoms with Gasteiger partial charge in [-0.25, -0.2) is 8.78 Å². The third-order valence-corrected chi connectivity index (χ3v) is 6.66. The van der Waals surface area contributed by atoms with Crippen molar-refractivity contribution in [1.82, 2.24) is 15.2 Å². The molecule has 0 spiro atoms. The summed E-state index contributed by atoms with van der Waals surface area (Å²) in [7, 11) is 0. The number of fused-ring (bicyclic) bond motifs is 1. The van der Waals surface area contributed by atoms with Crippen LogP contribution in [0.2, 0.25) is 0 Å². The second-order valence-corrected chi connectivity index (χ2v) is 9.29. The van der Waals surface area contributed by atoms with Crippen molar-refractivity contribution < 1.29 is 23.2 Å². The van der Waals surface area contributed by atoms with Gasteiger partial charge in [0.1, 0.15) is 5.92 Å². The number of anilines is 1. The number of rotatable bonds is 7. The number of nitrogens with one attached hydrogen (secondary N) is 3. The predicted octanol–water partition coefficient (Wildman–Crippen LogP) is 4.35. The Hall–Kier alpha value is -4.53. The van der Waals surface area contributed by atoms with E-state index >= 15 is 0 Å². The average Bonchev–Trinajstić information content (AvgIpc) is 3.53. The number of benzene rings is 2. The molecule has 38 heavy (non-hydrogen) atoms. The Morgan fingerprint density at radius 2 is 1.97 bits per heavy atom. The first-order chi connectivity index (χ1) is 18.4. The molecule has 2 aliphatic heterocycles. The van der Waals surface area contributed by atoms with Crippen molar-refractivity contribution in [3.8, 4) is 0 Å². The third kappa shape index (κ3) is 5.41. The molecule has 0 radical (unpaired) electrons. The number of likely N-dealkylation sites (tertiary alicyclic amines) is 1. The van der Waals surface area contributed by atoms with Crippen LogP contribution in [0.5, 0.6) is 0 Å². The van der Waals surface area contributed by atoms with E-state index in [9.17, 15) is 23.2 Å². The number of amides is 3. The molecule has 0 bridgehead atoms. The number of hydrogen-bond donors (Lipinski definition) is 3. The minimum atomic E-state index is -0.965. The molecule has 1 fully saturated rings. The van der Waals surface area contributed by atoms with E-state index in [2.05, 4.69) is 15.6 Å². The Bertz CT molecular complexity index is 1450. The highest BCUT2D eigenvalue weighted by atomic mass is 19.2. The molecule has 3 N–H and O–H groups in total. The number of hydrogen-bond acceptors (Lipinski definition) is 3. The smallest absolute Gasteiger partial charge is 0.256 e. The molecule has 3 aromatic rings. The molecular weight excluding hydrogens is 490 g/mol. The molecule has 0 saturated carbocycles. The third-order valence-electron chi connectivity index (χ3n) is 6.66. The molecule has 1 atom stereocenters. The van der Waals surface area contributed by atoms with Crippen LogP contribution >= 0.6 is 0 Å². The van der Waals surface area contributed by atoms with Gasteiger partial charge >= 0.3 is 0 Å². The van der Waals surface area contributed by atoms with E-state index in [1.165, 1.54) is 11.0 Å². The summed E-state index contributed by atoms with van der Waals surface area (Å²) < 4.78 is 26.7. The topological polar surface area (TPSA) is 94.3 Å². The van der Waals surface area contributed by atoms with Gasteiger partial charge in [-0.3, -0.25) is 14.4 Å². The lowest BCUT2D eigenvalue weighted by atomic mass is 9.95. The number of aromatic nitrogens is 1. The number of H-pyrrole nitrogens is 1. The number of piperidine rings is 1. The molecule has 3 amide bonds. The summed E-state index contributed by atoms with van der Waals surface area (Å²) in [4.78, 5) is 42.6. The maximum atomic E-state index is 13.5. The second-order valence-electron chi connectivity index (χ2n) is 9.29. The van der Waals surface area contributed by atoms with Crippen molar-refractivity contribution in [3.63, 3.8) is 0 Å². The summed E-state index contributed by atoms with van der Waals surface area (Å²) in [6.07, 6.45) is 8.28. The fourth-order valence-corrected chi connectivity index (χ4v) is 4.73. The number of nitrogens with zero attached hydrogens (tertiary/aromatic N) is 1. The average molecular weight is 517 g/mol. The summed E-state index contributed by atoms with van der Waals surface area (Å²) in [5.74, 6) is -3.58. The van der Waals surface area contributed by atoms with Crippen molar-refractivity contribution in [2.24, 2.45) is 5.92 Å². The lowest BCUT2D eigenvalue weighted by molar-refractivity contribution is -0.145. The summed E-state index contributed by atoms with van der Waals surface area (Å²) in [6.45, 7) is 0.808. The van der Waals surface area contributed by atoms with Crippen LogP contribution in [0.25, 0.3) is 17.7 Å². The van der Waals surface area contributed by atoms with Gasteiger partial charge in [0.2, 0.25) is 11.8 Å². The van der Waals surface area contributed by atoms with E-state index in [0.29, 0.717) is 36.2 Å². The molecule has 1 saturated heterocycles. The molecule has 1 unspecified atom stereocenters. The van der Waals surface area contributed by atoms with E-state index in [1.807, 2.05) is 36.4 Å². The first-order valence-corrected chi connectivity index (χ1v) is 12.4. The molecule has 0 aliphatic carbocycles. The maximum absolute atomic E-state index is 13.5. The van der Waals surface area contributed by atoms with Crippen molar-refractivity contribution in [2.45, 2.75) is 19.4 Å². The largest absolute Gasteiger partial charge is 0.362 e. The van der Waals surface area contributed by atoms with Crippen LogP contribution in [-0.4, -0.2) is 40.7 Å². The fourth-order valence-electron chi connectivity index (χ4n) is 4.73. The van der Waals surface area contributed by atoms with Gasteiger partial charge in [0.15, 0.2) is 11.6 Å². The van der Waals surface area contributed by atoms with Crippen molar-refractivity contribution >= 4 is 41.1 Å². The zero-order valence-electron chi connectivity index (χ0n) is 20.5. The van der Waals surface area contributed by atoms with Crippen molar-refractivity contribution in [2.75, 3.05) is 18.4 Å². The van der Waals surface area contributed by atoms with Gasteiger partial charge in [-0.15, -0.1) is 0 Å². The molecule has 7 nitrogen and oxygen atoms in total. The predicted molar refractivity (Wildman–Crippen MR) is 140 cm³/mol. The van der Waals surface area contributed by atoms with E-state index < -0.39 is 17.6 Å². The van der Waals surface area contributed by atoms with E-state index in [-0.39, 0.29) is 30.8 Å². The van der Waals surface area contributed by atoms with Crippen LogP contribution < -0.4 is 10.6 Å². The molecular formula is C29H26F2N4O3. The zero-order valence-corrected chi connectivity index (χ0v) is 20.5. The van der Waals surface area contributed by atoms with Crippen LogP contribution in [0, 0.1) is 17.6 Å². The first-order valence-electron chi connectivity index (χ1n) is 12.4. The number of halogens is 2. The highest BCUT2D eigenvalue weighted by Gasteiger charge is 2.34. The van der Waals surface area contributed by atoms with Crippen LogP contribution in [-0.2, 0) is 20.9 Å². The molecule has 9 heteroatoms. The highest BCUT2D eigenvalue weighted by molar-refractivity contribution is 6.34. The van der Waals surface area contributed by atoms with Crippen LogP contribution in [0.3, 0.4) is 0 Å². The van der Waals surface area contributed by atoms with E-state index in [4.69, 9.17) is 0 Å².